The van der Waals surface area contributed by atoms with Gasteiger partial charge in [0.25, 0.3) is 0 Å². The fourth-order valence-corrected chi connectivity index (χ4v) is 2.71. The quantitative estimate of drug-likeness (QED) is 0.606. The van der Waals surface area contributed by atoms with Crippen molar-refractivity contribution in [3.63, 3.8) is 0 Å². The molecule has 86 valence electrons. The molecule has 1 spiro atoms. The van der Waals surface area contributed by atoms with Crippen LogP contribution in [-0.2, 0) is 5.54 Å². The minimum Gasteiger partial charge on any atom is -0.507 e. The number of hydrogen-bond donors (Lipinski definition) is 3. The largest absolute Gasteiger partial charge is 0.507 e. The number of aromatic hydroxyl groups is 1. The van der Waals surface area contributed by atoms with Crippen LogP contribution in [0.1, 0.15) is 17.5 Å². The van der Waals surface area contributed by atoms with E-state index in [2.05, 4.69) is 10.6 Å². The summed E-state index contributed by atoms with van der Waals surface area (Å²) in [6.45, 7) is 4.29. The number of hydrogen-bond acceptors (Lipinski definition) is 4. The number of ether oxygens (including phenoxy) is 1. The molecule has 2 aliphatic rings. The molecule has 2 aliphatic heterocycles. The van der Waals surface area contributed by atoms with Gasteiger partial charge in [-0.3, -0.25) is 5.32 Å². The highest BCUT2D eigenvalue weighted by Crippen LogP contribution is 2.43. The molecule has 3 N–H and O–H groups in total. The van der Waals surface area contributed by atoms with E-state index in [1.165, 1.54) is 0 Å². The zero-order chi connectivity index (χ0) is 11.2. The highest BCUT2D eigenvalue weighted by atomic mass is 16.5. The number of rotatable bonds is 0. The van der Waals surface area contributed by atoms with Gasteiger partial charge in [-0.2, -0.15) is 0 Å². The number of nitrogens with one attached hydrogen (secondary N) is 2. The summed E-state index contributed by atoms with van der Waals surface area (Å²) in [6.07, 6.45) is 0.892. The average molecular weight is 220 g/mol. The summed E-state index contributed by atoms with van der Waals surface area (Å²) in [5.41, 5.74) is 1.79. The fraction of sp³-hybridized carbons (Fsp3) is 0.500. The minimum absolute atomic E-state index is 0.147. The first kappa shape index (κ1) is 9.93. The summed E-state index contributed by atoms with van der Waals surface area (Å²) in [7, 11) is 0. The predicted octanol–water partition coefficient (Wildman–Crippen LogP) is 0.829. The van der Waals surface area contributed by atoms with Gasteiger partial charge in [-0.25, -0.2) is 0 Å². The second kappa shape index (κ2) is 3.37. The van der Waals surface area contributed by atoms with Gasteiger partial charge in [-0.1, -0.05) is 0 Å². The predicted molar refractivity (Wildman–Crippen MR) is 60.6 cm³/mol. The molecular formula is C12H16N2O2. The molecule has 1 aromatic rings. The summed E-state index contributed by atoms with van der Waals surface area (Å²) in [6, 6.07) is 3.80. The standard InChI is InChI=1S/C12H16N2O2/c1-8-4-9(15)11-10(5-8)16-3-2-12(11)6-13-7-14-12/h4-5,13-15H,2-3,6-7H2,1H3. The Hall–Kier alpha value is -1.26. The maximum absolute atomic E-state index is 10.1. The van der Waals surface area contributed by atoms with Gasteiger partial charge >= 0.3 is 0 Å². The fourth-order valence-electron chi connectivity index (χ4n) is 2.71. The van der Waals surface area contributed by atoms with Gasteiger partial charge in [0.05, 0.1) is 17.7 Å². The molecule has 0 aliphatic carbocycles. The lowest BCUT2D eigenvalue weighted by Gasteiger charge is -2.35. The normalized spacial score (nSPS) is 27.8. The Bertz CT molecular complexity index is 425. The lowest BCUT2D eigenvalue weighted by molar-refractivity contribution is 0.203. The van der Waals surface area contributed by atoms with Crippen molar-refractivity contribution in [3.05, 3.63) is 23.3 Å². The van der Waals surface area contributed by atoms with E-state index < -0.39 is 0 Å². The molecule has 1 unspecified atom stereocenters. The number of phenolic OH excluding ortho intramolecular Hbond substituents is 1. The zero-order valence-corrected chi connectivity index (χ0v) is 9.34. The molecule has 1 saturated heterocycles. The second-order valence-electron chi connectivity index (χ2n) is 4.62. The van der Waals surface area contributed by atoms with Crippen LogP contribution in [0.5, 0.6) is 11.5 Å². The first-order valence-electron chi connectivity index (χ1n) is 5.64. The molecule has 0 saturated carbocycles. The maximum Gasteiger partial charge on any atom is 0.128 e. The maximum atomic E-state index is 10.1. The van der Waals surface area contributed by atoms with E-state index in [1.54, 1.807) is 6.07 Å². The molecule has 2 heterocycles. The van der Waals surface area contributed by atoms with Crippen LogP contribution in [0.15, 0.2) is 12.1 Å². The molecule has 4 heteroatoms. The van der Waals surface area contributed by atoms with Crippen molar-refractivity contribution in [1.29, 1.82) is 0 Å². The lowest BCUT2D eigenvalue weighted by Crippen LogP contribution is -2.43. The van der Waals surface area contributed by atoms with Crippen molar-refractivity contribution in [2.45, 2.75) is 18.9 Å². The van der Waals surface area contributed by atoms with Gasteiger partial charge in [-0.15, -0.1) is 0 Å². The molecule has 1 fully saturated rings. The smallest absolute Gasteiger partial charge is 0.128 e. The van der Waals surface area contributed by atoms with E-state index in [4.69, 9.17) is 4.74 Å². The number of fused-ring (bicyclic) bond motifs is 2. The summed E-state index contributed by atoms with van der Waals surface area (Å²) in [5, 5.41) is 16.8. The van der Waals surface area contributed by atoms with E-state index in [0.29, 0.717) is 12.4 Å². The third kappa shape index (κ3) is 1.30. The summed E-state index contributed by atoms with van der Waals surface area (Å²) in [4.78, 5) is 0. The van der Waals surface area contributed by atoms with E-state index in [1.807, 2.05) is 13.0 Å². The Kier molecular flexibility index (Phi) is 2.09. The monoisotopic (exact) mass is 220 g/mol. The SMILES string of the molecule is Cc1cc(O)c2c(c1)OCCC21CNCN1. The summed E-state index contributed by atoms with van der Waals surface area (Å²) in [5.74, 6) is 1.16. The first-order valence-corrected chi connectivity index (χ1v) is 5.64. The van der Waals surface area contributed by atoms with Crippen molar-refractivity contribution in [2.24, 2.45) is 0 Å². The second-order valence-corrected chi connectivity index (χ2v) is 4.62. The van der Waals surface area contributed by atoms with E-state index in [0.717, 1.165) is 36.5 Å². The number of aryl methyl sites for hydroxylation is 1. The van der Waals surface area contributed by atoms with E-state index in [9.17, 15) is 5.11 Å². The molecule has 0 radical (unpaired) electrons. The van der Waals surface area contributed by atoms with Crippen LogP contribution >= 0.6 is 0 Å². The van der Waals surface area contributed by atoms with Crippen molar-refractivity contribution in [3.8, 4) is 11.5 Å². The lowest BCUT2D eigenvalue weighted by atomic mass is 9.84. The highest BCUT2D eigenvalue weighted by molar-refractivity contribution is 5.53. The van der Waals surface area contributed by atoms with Gasteiger partial charge in [0, 0.05) is 19.6 Å². The Morgan fingerprint density at radius 3 is 3.06 bits per heavy atom. The Morgan fingerprint density at radius 1 is 1.44 bits per heavy atom. The van der Waals surface area contributed by atoms with Gasteiger partial charge in [0.15, 0.2) is 0 Å². The van der Waals surface area contributed by atoms with E-state index >= 15 is 0 Å². The van der Waals surface area contributed by atoms with Crippen molar-refractivity contribution < 1.29 is 9.84 Å². The van der Waals surface area contributed by atoms with Crippen LogP contribution < -0.4 is 15.4 Å². The Morgan fingerprint density at radius 2 is 2.31 bits per heavy atom. The molecule has 4 nitrogen and oxygen atoms in total. The van der Waals surface area contributed by atoms with E-state index in [-0.39, 0.29) is 5.54 Å². The van der Waals surface area contributed by atoms with Crippen LogP contribution in [0.25, 0.3) is 0 Å². The highest BCUT2D eigenvalue weighted by Gasteiger charge is 2.42. The zero-order valence-electron chi connectivity index (χ0n) is 9.34. The van der Waals surface area contributed by atoms with Gasteiger partial charge < -0.3 is 15.2 Å². The molecule has 1 aromatic carbocycles. The van der Waals surface area contributed by atoms with Crippen molar-refractivity contribution >= 4 is 0 Å². The van der Waals surface area contributed by atoms with Crippen LogP contribution in [0.2, 0.25) is 0 Å². The average Bonchev–Trinajstić information content (AvgIpc) is 2.66. The third-order valence-corrected chi connectivity index (χ3v) is 3.47. The Balaban J connectivity index is 2.17. The molecule has 16 heavy (non-hydrogen) atoms. The minimum atomic E-state index is -0.147. The van der Waals surface area contributed by atoms with Gasteiger partial charge in [0.1, 0.15) is 11.5 Å². The van der Waals surface area contributed by atoms with Crippen molar-refractivity contribution in [2.75, 3.05) is 19.8 Å². The molecular weight excluding hydrogens is 204 g/mol. The molecule has 0 aromatic heterocycles. The van der Waals surface area contributed by atoms with Crippen molar-refractivity contribution in [1.82, 2.24) is 10.6 Å². The van der Waals surface area contributed by atoms with Crippen LogP contribution in [0.3, 0.4) is 0 Å². The Labute approximate surface area is 94.6 Å². The van der Waals surface area contributed by atoms with Crippen LogP contribution in [0.4, 0.5) is 0 Å². The van der Waals surface area contributed by atoms with Crippen LogP contribution in [0, 0.1) is 6.92 Å². The summed E-state index contributed by atoms with van der Waals surface area (Å²) < 4.78 is 5.64. The first-order chi connectivity index (χ1) is 7.71. The summed E-state index contributed by atoms with van der Waals surface area (Å²) >= 11 is 0. The van der Waals surface area contributed by atoms with Crippen LogP contribution in [-0.4, -0.2) is 24.9 Å². The number of benzene rings is 1. The molecule has 1 atom stereocenters. The third-order valence-electron chi connectivity index (χ3n) is 3.47. The van der Waals surface area contributed by atoms with Gasteiger partial charge in [0.2, 0.25) is 0 Å². The topological polar surface area (TPSA) is 53.5 Å². The number of phenols is 1. The van der Waals surface area contributed by atoms with Gasteiger partial charge in [-0.05, 0) is 24.6 Å². The molecule has 3 rings (SSSR count). The molecule has 0 amide bonds. The molecule has 0 bridgehead atoms.